The van der Waals surface area contributed by atoms with Crippen LogP contribution in [-0.4, -0.2) is 33.2 Å². The molecule has 0 saturated heterocycles. The summed E-state index contributed by atoms with van der Waals surface area (Å²) in [4.78, 5) is 22.7. The van der Waals surface area contributed by atoms with E-state index in [0.29, 0.717) is 11.3 Å². The fraction of sp³-hybridized carbons (Fsp3) is 0.176. The number of hydrogen-bond acceptors (Lipinski definition) is 6. The second-order valence-corrected chi connectivity index (χ2v) is 7.79. The quantitative estimate of drug-likeness (QED) is 0.714. The van der Waals surface area contributed by atoms with Crippen LogP contribution >= 0.6 is 11.6 Å². The van der Waals surface area contributed by atoms with Crippen LogP contribution in [0.15, 0.2) is 47.4 Å². The van der Waals surface area contributed by atoms with E-state index in [4.69, 9.17) is 26.8 Å². The van der Waals surface area contributed by atoms with Crippen LogP contribution in [0.25, 0.3) is 0 Å². The molecule has 26 heavy (non-hydrogen) atoms. The van der Waals surface area contributed by atoms with Crippen LogP contribution in [0.1, 0.15) is 15.9 Å². The van der Waals surface area contributed by atoms with E-state index in [9.17, 15) is 18.0 Å². The number of hydrogen-bond donors (Lipinski definition) is 1. The van der Waals surface area contributed by atoms with Gasteiger partial charge < -0.3 is 15.2 Å². The molecular weight excluding hydrogens is 382 g/mol. The highest BCUT2D eigenvalue weighted by Crippen LogP contribution is 2.23. The Morgan fingerprint density at radius 1 is 1.15 bits per heavy atom. The maximum absolute atomic E-state index is 12.2. The fourth-order valence-electron chi connectivity index (χ4n) is 2.03. The van der Waals surface area contributed by atoms with Crippen molar-refractivity contribution in [2.45, 2.75) is 11.5 Å². The predicted molar refractivity (Wildman–Crippen MR) is 94.8 cm³/mol. The topological polar surface area (TPSA) is 113 Å². The van der Waals surface area contributed by atoms with Crippen LogP contribution in [0.3, 0.4) is 0 Å². The second-order valence-electron chi connectivity index (χ2n) is 5.40. The molecule has 0 aliphatic carbocycles. The first-order chi connectivity index (χ1) is 12.2. The summed E-state index contributed by atoms with van der Waals surface area (Å²) >= 11 is 5.85. The third-order valence-electron chi connectivity index (χ3n) is 3.22. The molecule has 0 spiro atoms. The molecule has 0 aliphatic heterocycles. The molecule has 0 aromatic heterocycles. The first kappa shape index (κ1) is 19.7. The van der Waals surface area contributed by atoms with Gasteiger partial charge in [-0.2, -0.15) is 0 Å². The molecule has 1 amide bonds. The Bertz CT molecular complexity index is 942. The summed E-state index contributed by atoms with van der Waals surface area (Å²) in [5.41, 5.74) is 5.70. The number of amides is 1. The van der Waals surface area contributed by atoms with E-state index in [1.807, 2.05) is 0 Å². The van der Waals surface area contributed by atoms with E-state index in [1.165, 1.54) is 18.2 Å². The summed E-state index contributed by atoms with van der Waals surface area (Å²) in [5.74, 6) is -0.899. The molecule has 0 fully saturated rings. The number of carbonyl (C=O) groups is 2. The lowest BCUT2D eigenvalue weighted by Crippen LogP contribution is -2.20. The molecule has 0 saturated carbocycles. The van der Waals surface area contributed by atoms with E-state index in [0.717, 1.165) is 6.26 Å². The molecule has 0 radical (unpaired) electrons. The molecular formula is C17H16ClNO6S. The van der Waals surface area contributed by atoms with Crippen molar-refractivity contribution >= 4 is 33.3 Å². The molecule has 2 aromatic carbocycles. The number of ether oxygens (including phenoxy) is 2. The van der Waals surface area contributed by atoms with Crippen molar-refractivity contribution in [1.29, 1.82) is 0 Å². The predicted octanol–water partition coefficient (Wildman–Crippen LogP) is 1.96. The van der Waals surface area contributed by atoms with E-state index >= 15 is 0 Å². The summed E-state index contributed by atoms with van der Waals surface area (Å²) in [5, 5.41) is 0.0309. The Morgan fingerprint density at radius 2 is 1.88 bits per heavy atom. The lowest BCUT2D eigenvalue weighted by atomic mass is 10.2. The van der Waals surface area contributed by atoms with Gasteiger partial charge in [0.25, 0.3) is 5.91 Å². The normalized spacial score (nSPS) is 11.0. The Morgan fingerprint density at radius 3 is 2.54 bits per heavy atom. The summed E-state index contributed by atoms with van der Waals surface area (Å²) in [6, 6.07) is 10.5. The Hall–Kier alpha value is -2.58. The smallest absolute Gasteiger partial charge is 0.338 e. The van der Waals surface area contributed by atoms with E-state index in [2.05, 4.69) is 0 Å². The van der Waals surface area contributed by atoms with E-state index in [-0.39, 0.29) is 28.7 Å². The molecule has 7 nitrogen and oxygen atoms in total. The minimum Gasteiger partial charge on any atom is -0.484 e. The number of benzene rings is 2. The zero-order valence-corrected chi connectivity index (χ0v) is 15.3. The monoisotopic (exact) mass is 397 g/mol. The van der Waals surface area contributed by atoms with Crippen molar-refractivity contribution in [3.63, 3.8) is 0 Å². The average molecular weight is 398 g/mol. The van der Waals surface area contributed by atoms with Gasteiger partial charge in [0.15, 0.2) is 16.4 Å². The van der Waals surface area contributed by atoms with Crippen molar-refractivity contribution < 1.29 is 27.5 Å². The van der Waals surface area contributed by atoms with Crippen molar-refractivity contribution in [2.24, 2.45) is 5.73 Å². The van der Waals surface area contributed by atoms with Gasteiger partial charge in [-0.25, -0.2) is 13.2 Å². The van der Waals surface area contributed by atoms with Crippen LogP contribution in [0, 0.1) is 0 Å². The molecule has 2 N–H and O–H groups in total. The van der Waals surface area contributed by atoms with Crippen LogP contribution in [0.4, 0.5) is 0 Å². The fourth-order valence-corrected chi connectivity index (χ4v) is 3.33. The highest BCUT2D eigenvalue weighted by Gasteiger charge is 2.16. The molecule has 9 heteroatoms. The van der Waals surface area contributed by atoms with Gasteiger partial charge in [-0.15, -0.1) is 0 Å². The maximum Gasteiger partial charge on any atom is 0.338 e. The van der Waals surface area contributed by atoms with Gasteiger partial charge in [0.2, 0.25) is 0 Å². The summed E-state index contributed by atoms with van der Waals surface area (Å²) in [6.07, 6.45) is 1.00. The van der Waals surface area contributed by atoms with Crippen LogP contribution in [0.5, 0.6) is 5.75 Å². The minimum atomic E-state index is -3.57. The number of carbonyl (C=O) groups excluding carboxylic acids is 2. The van der Waals surface area contributed by atoms with Crippen molar-refractivity contribution in [3.05, 3.63) is 58.6 Å². The first-order valence-electron chi connectivity index (χ1n) is 7.33. The maximum atomic E-state index is 12.2. The third-order valence-corrected chi connectivity index (χ3v) is 4.79. The van der Waals surface area contributed by atoms with Crippen LogP contribution in [0.2, 0.25) is 5.02 Å². The summed E-state index contributed by atoms with van der Waals surface area (Å²) < 4.78 is 33.7. The van der Waals surface area contributed by atoms with Gasteiger partial charge >= 0.3 is 5.97 Å². The number of rotatable bonds is 7. The van der Waals surface area contributed by atoms with Gasteiger partial charge in [0.1, 0.15) is 12.4 Å². The first-order valence-corrected chi connectivity index (χ1v) is 9.60. The molecule has 2 rings (SSSR count). The zero-order valence-electron chi connectivity index (χ0n) is 13.8. The van der Waals surface area contributed by atoms with Gasteiger partial charge in [0, 0.05) is 6.26 Å². The number of sulfone groups is 1. The molecule has 0 heterocycles. The summed E-state index contributed by atoms with van der Waals surface area (Å²) in [6.45, 7) is -0.328. The van der Waals surface area contributed by atoms with Gasteiger partial charge in [-0.3, -0.25) is 4.79 Å². The highest BCUT2D eigenvalue weighted by atomic mass is 35.5. The second kappa shape index (κ2) is 8.20. The largest absolute Gasteiger partial charge is 0.484 e. The van der Waals surface area contributed by atoms with Crippen molar-refractivity contribution in [3.8, 4) is 5.75 Å². The minimum absolute atomic E-state index is 0.0309. The lowest BCUT2D eigenvalue weighted by molar-refractivity contribution is -0.119. The van der Waals surface area contributed by atoms with Gasteiger partial charge in [0.05, 0.1) is 15.5 Å². The van der Waals surface area contributed by atoms with Crippen LogP contribution in [-0.2, 0) is 26.0 Å². The van der Waals surface area contributed by atoms with Crippen molar-refractivity contribution in [1.82, 2.24) is 0 Å². The van der Waals surface area contributed by atoms with Gasteiger partial charge in [-0.05, 0) is 35.9 Å². The Labute approximate surface area is 155 Å². The number of primary amides is 1. The number of halogens is 1. The Kier molecular flexibility index (Phi) is 6.23. The summed E-state index contributed by atoms with van der Waals surface area (Å²) in [7, 11) is -3.57. The Balaban J connectivity index is 2.07. The number of esters is 1. The van der Waals surface area contributed by atoms with E-state index in [1.54, 1.807) is 24.3 Å². The van der Waals surface area contributed by atoms with Gasteiger partial charge in [-0.1, -0.05) is 23.7 Å². The highest BCUT2D eigenvalue weighted by molar-refractivity contribution is 7.90. The lowest BCUT2D eigenvalue weighted by Gasteiger charge is -2.09. The van der Waals surface area contributed by atoms with E-state index < -0.39 is 21.7 Å². The standard InChI is InChI=1S/C17H16ClNO6S/c1-26(22,23)15-8-12(5-6-14(15)18)17(21)25-9-11-3-2-4-13(7-11)24-10-16(19)20/h2-8H,9-10H2,1H3,(H2,19,20). The SMILES string of the molecule is CS(=O)(=O)c1cc(C(=O)OCc2cccc(OCC(N)=O)c2)ccc1Cl. The van der Waals surface area contributed by atoms with Crippen LogP contribution < -0.4 is 10.5 Å². The molecule has 138 valence electrons. The third kappa shape index (κ3) is 5.47. The molecule has 0 bridgehead atoms. The molecule has 0 aliphatic rings. The molecule has 2 aromatic rings. The van der Waals surface area contributed by atoms with Crippen molar-refractivity contribution in [2.75, 3.05) is 12.9 Å². The molecule has 0 unspecified atom stereocenters. The number of nitrogens with two attached hydrogens (primary N) is 1. The molecule has 0 atom stereocenters. The zero-order chi connectivity index (χ0) is 19.3. The average Bonchev–Trinajstić information content (AvgIpc) is 2.57.